The first-order valence-corrected chi connectivity index (χ1v) is 7.01. The number of aromatic amines is 1. The first-order valence-electron chi connectivity index (χ1n) is 5.88. The summed E-state index contributed by atoms with van der Waals surface area (Å²) in [7, 11) is 0. The second kappa shape index (κ2) is 8.02. The Labute approximate surface area is 140 Å². The molecule has 0 spiro atoms. The highest BCUT2D eigenvalue weighted by molar-refractivity contribution is 6.45. The zero-order valence-corrected chi connectivity index (χ0v) is 13.5. The third-order valence-electron chi connectivity index (χ3n) is 2.25. The van der Waals surface area contributed by atoms with E-state index in [0.29, 0.717) is 6.54 Å². The van der Waals surface area contributed by atoms with Crippen LogP contribution in [-0.2, 0) is 9.53 Å². The normalized spacial score (nSPS) is 10.0. The molecule has 8 nitrogen and oxygen atoms in total. The van der Waals surface area contributed by atoms with Crippen molar-refractivity contribution in [3.63, 3.8) is 0 Å². The Hall–Kier alpha value is -1.77. The average molecular weight is 371 g/mol. The van der Waals surface area contributed by atoms with Crippen LogP contribution in [0.25, 0.3) is 0 Å². The molecule has 0 unspecified atom stereocenters. The van der Waals surface area contributed by atoms with Gasteiger partial charge in [-0.2, -0.15) is 4.98 Å². The van der Waals surface area contributed by atoms with E-state index < -0.39 is 24.5 Å². The topological polar surface area (TPSA) is 125 Å². The van der Waals surface area contributed by atoms with Crippen LogP contribution in [0.2, 0.25) is 15.2 Å². The number of anilines is 1. The van der Waals surface area contributed by atoms with Crippen LogP contribution in [0.3, 0.4) is 0 Å². The fraction of sp³-hybridized carbons (Fsp3) is 0.273. The summed E-state index contributed by atoms with van der Waals surface area (Å²) < 4.78 is 4.70. The van der Waals surface area contributed by atoms with Gasteiger partial charge in [-0.25, -0.2) is 9.59 Å². The summed E-state index contributed by atoms with van der Waals surface area (Å²) in [5.74, 6) is -1.80. The van der Waals surface area contributed by atoms with Gasteiger partial charge in [-0.1, -0.05) is 23.2 Å². The summed E-state index contributed by atoms with van der Waals surface area (Å²) in [5, 5.41) is 3.95. The number of amides is 3. The monoisotopic (exact) mass is 369 g/mol. The first-order chi connectivity index (χ1) is 10.3. The molecule has 1 aromatic rings. The molecule has 0 saturated carbocycles. The number of rotatable bonds is 4. The van der Waals surface area contributed by atoms with E-state index in [4.69, 9.17) is 45.3 Å². The number of esters is 1. The molecule has 1 aromatic heterocycles. The minimum Gasteiger partial charge on any atom is -0.448 e. The summed E-state index contributed by atoms with van der Waals surface area (Å²) in [6.45, 7) is 1.32. The van der Waals surface area contributed by atoms with Gasteiger partial charge in [-0.15, -0.1) is 0 Å². The lowest BCUT2D eigenvalue weighted by molar-refractivity contribution is -0.380. The molecule has 0 aliphatic carbocycles. The van der Waals surface area contributed by atoms with Crippen molar-refractivity contribution in [3.8, 4) is 0 Å². The van der Waals surface area contributed by atoms with E-state index in [9.17, 15) is 14.4 Å². The van der Waals surface area contributed by atoms with Gasteiger partial charge in [0.1, 0.15) is 10.0 Å². The fourth-order valence-electron chi connectivity index (χ4n) is 1.28. The van der Waals surface area contributed by atoms with Crippen molar-refractivity contribution in [2.75, 3.05) is 18.9 Å². The van der Waals surface area contributed by atoms with E-state index in [0.717, 1.165) is 0 Å². The van der Waals surface area contributed by atoms with Crippen LogP contribution >= 0.6 is 34.8 Å². The lowest BCUT2D eigenvalue weighted by atomic mass is 10.3. The minimum absolute atomic E-state index is 0.0443. The van der Waals surface area contributed by atoms with Crippen molar-refractivity contribution in [2.45, 2.75) is 6.92 Å². The number of H-pyrrole nitrogens is 1. The number of hydrogen-bond acceptors (Lipinski definition) is 5. The molecule has 5 N–H and O–H groups in total. The van der Waals surface area contributed by atoms with Gasteiger partial charge < -0.3 is 15.8 Å². The van der Waals surface area contributed by atoms with Crippen molar-refractivity contribution in [1.82, 2.24) is 10.6 Å². The summed E-state index contributed by atoms with van der Waals surface area (Å²) >= 11 is 17.3. The number of imide groups is 1. The standard InChI is InChI=1S/C11H11Cl3N4O4/c1-2-16-11(21)17-4(19)3-22-10(20)8-5(12)7(15)6(13)9(14)18-8/h2-3H2,1H3,(H2,15,18)(H2,16,17,19,21)/p+1. The number of hydrogen-bond donors (Lipinski definition) is 3. The largest absolute Gasteiger partial charge is 0.448 e. The maximum Gasteiger partial charge on any atom is 0.405 e. The van der Waals surface area contributed by atoms with E-state index in [-0.39, 0.29) is 26.6 Å². The van der Waals surface area contributed by atoms with Crippen LogP contribution in [0.15, 0.2) is 0 Å². The number of nitrogen functional groups attached to an aromatic ring is 1. The summed E-state index contributed by atoms with van der Waals surface area (Å²) in [4.78, 5) is 36.7. The maximum absolute atomic E-state index is 11.8. The lowest BCUT2D eigenvalue weighted by Crippen LogP contribution is -2.41. The number of halogens is 3. The molecule has 0 fully saturated rings. The molecule has 3 amide bonds. The summed E-state index contributed by atoms with van der Waals surface area (Å²) in [5.41, 5.74) is 5.20. The Kier molecular flexibility index (Phi) is 6.66. The van der Waals surface area contributed by atoms with Gasteiger partial charge >= 0.3 is 17.7 Å². The van der Waals surface area contributed by atoms with Gasteiger partial charge in [0, 0.05) is 6.54 Å². The zero-order valence-electron chi connectivity index (χ0n) is 11.3. The predicted octanol–water partition coefficient (Wildman–Crippen LogP) is 1.05. The number of urea groups is 1. The maximum atomic E-state index is 11.8. The van der Waals surface area contributed by atoms with Crippen molar-refractivity contribution in [3.05, 3.63) is 20.9 Å². The smallest absolute Gasteiger partial charge is 0.405 e. The van der Waals surface area contributed by atoms with Crippen LogP contribution in [-0.4, -0.2) is 31.1 Å². The third-order valence-corrected chi connectivity index (χ3v) is 3.41. The van der Waals surface area contributed by atoms with E-state index in [1.54, 1.807) is 6.92 Å². The molecule has 0 atom stereocenters. The Morgan fingerprint density at radius 3 is 2.45 bits per heavy atom. The Morgan fingerprint density at radius 2 is 1.86 bits per heavy atom. The molecule has 1 rings (SSSR count). The number of aromatic nitrogens is 1. The molecule has 0 aliphatic rings. The van der Waals surface area contributed by atoms with E-state index in [1.807, 2.05) is 5.32 Å². The van der Waals surface area contributed by atoms with Crippen molar-refractivity contribution < 1.29 is 24.1 Å². The van der Waals surface area contributed by atoms with Crippen molar-refractivity contribution in [1.29, 1.82) is 0 Å². The Balaban J connectivity index is 2.71. The van der Waals surface area contributed by atoms with Crippen molar-refractivity contribution >= 4 is 58.4 Å². The second-order valence-corrected chi connectivity index (χ2v) is 4.97. The van der Waals surface area contributed by atoms with E-state index in [2.05, 4.69) is 10.3 Å². The lowest BCUT2D eigenvalue weighted by Gasteiger charge is -2.06. The molecular formula is C11H12Cl3N4O4+. The van der Waals surface area contributed by atoms with Crippen LogP contribution < -0.4 is 21.4 Å². The number of carbonyl (C=O) groups excluding carboxylic acids is 3. The molecule has 11 heteroatoms. The Bertz CT molecular complexity index is 624. The molecule has 120 valence electrons. The highest BCUT2D eigenvalue weighted by Crippen LogP contribution is 2.32. The van der Waals surface area contributed by atoms with Crippen LogP contribution in [0, 0.1) is 0 Å². The number of pyridine rings is 1. The molecule has 0 radical (unpaired) electrons. The van der Waals surface area contributed by atoms with Gasteiger partial charge in [0.25, 0.3) is 11.1 Å². The van der Waals surface area contributed by atoms with Gasteiger partial charge in [-0.05, 0) is 18.5 Å². The molecule has 1 heterocycles. The highest BCUT2D eigenvalue weighted by Gasteiger charge is 2.27. The second-order valence-electron chi connectivity index (χ2n) is 3.84. The fourth-order valence-corrected chi connectivity index (χ4v) is 1.89. The predicted molar refractivity (Wildman–Crippen MR) is 79.9 cm³/mol. The molecule has 22 heavy (non-hydrogen) atoms. The van der Waals surface area contributed by atoms with Gasteiger partial charge in [0.15, 0.2) is 6.61 Å². The first kappa shape index (κ1) is 18.3. The quantitative estimate of drug-likeness (QED) is 0.539. The Morgan fingerprint density at radius 1 is 1.23 bits per heavy atom. The van der Waals surface area contributed by atoms with E-state index in [1.165, 1.54) is 0 Å². The molecule has 0 bridgehead atoms. The molecular weight excluding hydrogens is 359 g/mol. The summed E-state index contributed by atoms with van der Waals surface area (Å²) in [6, 6.07) is -0.702. The van der Waals surface area contributed by atoms with Crippen LogP contribution in [0.4, 0.5) is 10.5 Å². The van der Waals surface area contributed by atoms with Crippen LogP contribution in [0.1, 0.15) is 17.4 Å². The highest BCUT2D eigenvalue weighted by atomic mass is 35.5. The molecule has 0 aromatic carbocycles. The summed E-state index contributed by atoms with van der Waals surface area (Å²) in [6.07, 6.45) is 0. The number of ether oxygens (including phenoxy) is 1. The third kappa shape index (κ3) is 4.62. The van der Waals surface area contributed by atoms with Gasteiger partial charge in [0.2, 0.25) is 0 Å². The molecule has 0 saturated heterocycles. The average Bonchev–Trinajstić information content (AvgIpc) is 2.46. The molecule has 0 aliphatic heterocycles. The van der Waals surface area contributed by atoms with Crippen LogP contribution in [0.5, 0.6) is 0 Å². The minimum atomic E-state index is -0.985. The van der Waals surface area contributed by atoms with Crippen molar-refractivity contribution in [2.24, 2.45) is 0 Å². The van der Waals surface area contributed by atoms with Gasteiger partial charge in [-0.3, -0.25) is 10.1 Å². The number of carbonyl (C=O) groups is 3. The van der Waals surface area contributed by atoms with E-state index >= 15 is 0 Å². The van der Waals surface area contributed by atoms with Gasteiger partial charge in [0.05, 0.1) is 5.69 Å². The number of nitrogens with two attached hydrogens (primary N) is 1. The zero-order chi connectivity index (χ0) is 16.9. The SMILES string of the molecule is CCNC(=O)NC(=O)COC(=O)c1[nH+]c(Cl)c(Cl)c(N)c1Cl. The number of nitrogens with one attached hydrogen (secondary N) is 3.